The minimum absolute atomic E-state index is 0.611. The molecular formula is C53H33N3O. The first-order valence-corrected chi connectivity index (χ1v) is 19.2. The zero-order chi connectivity index (χ0) is 37.7. The van der Waals surface area contributed by atoms with Crippen molar-refractivity contribution in [2.24, 2.45) is 0 Å². The molecule has 0 amide bonds. The van der Waals surface area contributed by atoms with E-state index in [9.17, 15) is 0 Å². The highest BCUT2D eigenvalue weighted by Crippen LogP contribution is 2.43. The molecule has 11 aromatic rings. The number of rotatable bonds is 6. The van der Waals surface area contributed by atoms with Gasteiger partial charge in [0.2, 0.25) is 0 Å². The fourth-order valence-electron chi connectivity index (χ4n) is 8.01. The second-order valence-corrected chi connectivity index (χ2v) is 14.4. The summed E-state index contributed by atoms with van der Waals surface area (Å²) in [5, 5.41) is 7.03. The maximum atomic E-state index is 6.68. The van der Waals surface area contributed by atoms with Crippen LogP contribution in [0.5, 0.6) is 0 Å². The van der Waals surface area contributed by atoms with Crippen LogP contribution in [-0.4, -0.2) is 15.0 Å². The number of nitrogens with zero attached hydrogens (tertiary/aromatic N) is 3. The molecule has 0 N–H and O–H groups in total. The Morgan fingerprint density at radius 2 is 0.789 bits per heavy atom. The Morgan fingerprint density at radius 1 is 0.298 bits per heavy atom. The normalized spacial score (nSPS) is 11.5. The van der Waals surface area contributed by atoms with Gasteiger partial charge in [-0.1, -0.05) is 170 Å². The Labute approximate surface area is 329 Å². The lowest BCUT2D eigenvalue weighted by molar-refractivity contribution is 0.670. The molecule has 0 aliphatic heterocycles. The molecule has 11 rings (SSSR count). The van der Waals surface area contributed by atoms with Crippen molar-refractivity contribution in [1.29, 1.82) is 0 Å². The van der Waals surface area contributed by atoms with Gasteiger partial charge >= 0.3 is 0 Å². The largest absolute Gasteiger partial charge is 0.455 e. The second kappa shape index (κ2) is 13.6. The van der Waals surface area contributed by atoms with Gasteiger partial charge in [0.05, 0.1) is 0 Å². The quantitative estimate of drug-likeness (QED) is 0.171. The van der Waals surface area contributed by atoms with Gasteiger partial charge in [-0.05, 0) is 79.7 Å². The summed E-state index contributed by atoms with van der Waals surface area (Å²) in [6.45, 7) is 0. The first-order valence-electron chi connectivity index (χ1n) is 19.2. The molecule has 2 aromatic heterocycles. The molecule has 0 atom stereocenters. The summed E-state index contributed by atoms with van der Waals surface area (Å²) in [5.74, 6) is 1.86. The molecule has 0 unspecified atom stereocenters. The average molecular weight is 728 g/mol. The third-order valence-electron chi connectivity index (χ3n) is 10.9. The van der Waals surface area contributed by atoms with Crippen LogP contribution in [0.15, 0.2) is 205 Å². The SMILES string of the molecule is c1ccc(-c2nc(-c3ccc(-c4ccc5ccccc5c4)cc3)nc(-c3cccc(-c4ccc(-c5ccc6ccccc6c5)c5oc6ccccc6c45)c3)n2)cc1. The zero-order valence-electron chi connectivity index (χ0n) is 30.8. The molecule has 0 bridgehead atoms. The molecule has 57 heavy (non-hydrogen) atoms. The number of furan rings is 1. The van der Waals surface area contributed by atoms with Crippen LogP contribution in [0.3, 0.4) is 0 Å². The summed E-state index contributed by atoms with van der Waals surface area (Å²) < 4.78 is 6.68. The van der Waals surface area contributed by atoms with Crippen molar-refractivity contribution in [2.75, 3.05) is 0 Å². The number of aromatic nitrogens is 3. The lowest BCUT2D eigenvalue weighted by Gasteiger charge is -2.12. The molecule has 0 radical (unpaired) electrons. The lowest BCUT2D eigenvalue weighted by atomic mass is 9.93. The Balaban J connectivity index is 1.02. The highest BCUT2D eigenvalue weighted by molar-refractivity contribution is 6.16. The van der Waals surface area contributed by atoms with Gasteiger partial charge in [-0.25, -0.2) is 15.0 Å². The van der Waals surface area contributed by atoms with E-state index in [1.165, 1.54) is 27.1 Å². The fraction of sp³-hybridized carbons (Fsp3) is 0. The van der Waals surface area contributed by atoms with E-state index in [-0.39, 0.29) is 0 Å². The van der Waals surface area contributed by atoms with Crippen LogP contribution >= 0.6 is 0 Å². The minimum atomic E-state index is 0.611. The van der Waals surface area contributed by atoms with Crippen LogP contribution in [0.25, 0.3) is 111 Å². The highest BCUT2D eigenvalue weighted by atomic mass is 16.3. The third kappa shape index (κ3) is 5.92. The average Bonchev–Trinajstić information content (AvgIpc) is 3.68. The summed E-state index contributed by atoms with van der Waals surface area (Å²) in [6.07, 6.45) is 0. The summed E-state index contributed by atoms with van der Waals surface area (Å²) in [7, 11) is 0. The van der Waals surface area contributed by atoms with Crippen LogP contribution in [0, 0.1) is 0 Å². The van der Waals surface area contributed by atoms with E-state index in [0.29, 0.717) is 17.5 Å². The molecule has 0 fully saturated rings. The number of benzene rings is 9. The molecular weight excluding hydrogens is 695 g/mol. The zero-order valence-corrected chi connectivity index (χ0v) is 30.8. The molecule has 0 saturated carbocycles. The van der Waals surface area contributed by atoms with E-state index in [0.717, 1.165) is 66.4 Å². The molecule has 4 nitrogen and oxygen atoms in total. The van der Waals surface area contributed by atoms with Crippen LogP contribution < -0.4 is 0 Å². The van der Waals surface area contributed by atoms with E-state index in [1.807, 2.05) is 42.5 Å². The maximum absolute atomic E-state index is 6.68. The van der Waals surface area contributed by atoms with Crippen molar-refractivity contribution >= 4 is 43.5 Å². The Hall–Kier alpha value is -7.69. The smallest absolute Gasteiger partial charge is 0.164 e. The Kier molecular flexibility index (Phi) is 7.78. The van der Waals surface area contributed by atoms with Crippen molar-refractivity contribution in [1.82, 2.24) is 15.0 Å². The van der Waals surface area contributed by atoms with Crippen molar-refractivity contribution in [3.05, 3.63) is 200 Å². The third-order valence-corrected chi connectivity index (χ3v) is 10.9. The fourth-order valence-corrected chi connectivity index (χ4v) is 8.01. The van der Waals surface area contributed by atoms with Crippen molar-refractivity contribution in [2.45, 2.75) is 0 Å². The van der Waals surface area contributed by atoms with Gasteiger partial charge in [0.25, 0.3) is 0 Å². The number of hydrogen-bond donors (Lipinski definition) is 0. The monoisotopic (exact) mass is 727 g/mol. The minimum Gasteiger partial charge on any atom is -0.455 e. The second-order valence-electron chi connectivity index (χ2n) is 14.4. The van der Waals surface area contributed by atoms with Crippen LogP contribution in [0.4, 0.5) is 0 Å². The number of hydrogen-bond acceptors (Lipinski definition) is 4. The molecule has 0 aliphatic rings. The summed E-state index contributed by atoms with van der Waals surface area (Å²) in [4.78, 5) is 15.2. The molecule has 2 heterocycles. The van der Waals surface area contributed by atoms with E-state index < -0.39 is 0 Å². The van der Waals surface area contributed by atoms with Crippen LogP contribution in [-0.2, 0) is 0 Å². The molecule has 0 aliphatic carbocycles. The van der Waals surface area contributed by atoms with Crippen molar-refractivity contribution in [3.63, 3.8) is 0 Å². The summed E-state index contributed by atoms with van der Waals surface area (Å²) >= 11 is 0. The van der Waals surface area contributed by atoms with Crippen molar-refractivity contribution < 1.29 is 4.42 Å². The topological polar surface area (TPSA) is 51.8 Å². The van der Waals surface area contributed by atoms with Crippen molar-refractivity contribution in [3.8, 4) is 67.5 Å². The van der Waals surface area contributed by atoms with Gasteiger partial charge in [0.1, 0.15) is 11.2 Å². The molecule has 0 saturated heterocycles. The van der Waals surface area contributed by atoms with Gasteiger partial charge in [0, 0.05) is 33.0 Å². The van der Waals surface area contributed by atoms with Crippen LogP contribution in [0.1, 0.15) is 0 Å². The maximum Gasteiger partial charge on any atom is 0.164 e. The molecule has 4 heteroatoms. The van der Waals surface area contributed by atoms with Gasteiger partial charge in [0.15, 0.2) is 17.5 Å². The van der Waals surface area contributed by atoms with Gasteiger partial charge < -0.3 is 4.42 Å². The summed E-state index contributed by atoms with van der Waals surface area (Å²) in [6, 6.07) is 69.9. The van der Waals surface area contributed by atoms with E-state index in [4.69, 9.17) is 19.4 Å². The lowest BCUT2D eigenvalue weighted by Crippen LogP contribution is -2.00. The summed E-state index contributed by atoms with van der Waals surface area (Å²) in [5.41, 5.74) is 11.1. The predicted octanol–water partition coefficient (Wildman–Crippen LogP) is 14.1. The number of fused-ring (bicyclic) bond motifs is 5. The molecule has 266 valence electrons. The highest BCUT2D eigenvalue weighted by Gasteiger charge is 2.19. The van der Waals surface area contributed by atoms with Gasteiger partial charge in [-0.3, -0.25) is 0 Å². The first kappa shape index (κ1) is 32.7. The molecule has 9 aromatic carbocycles. The van der Waals surface area contributed by atoms with Crippen LogP contribution in [0.2, 0.25) is 0 Å². The van der Waals surface area contributed by atoms with E-state index in [1.54, 1.807) is 0 Å². The standard InChI is InChI=1S/C53H33N3O/c1-2-13-37(14-3-1)51-54-52(38-25-21-36(22-26-38)41-27-23-34-11-4-6-15-39(34)31-41)56-53(55-51)44-18-10-17-42(33-44)45-29-30-46(43-28-24-35-12-5-7-16-40(35)32-43)50-49(45)47-19-8-9-20-48(47)57-50/h1-33H. The van der Waals surface area contributed by atoms with E-state index in [2.05, 4.69) is 158 Å². The van der Waals surface area contributed by atoms with Gasteiger partial charge in [-0.2, -0.15) is 0 Å². The van der Waals surface area contributed by atoms with E-state index >= 15 is 0 Å². The van der Waals surface area contributed by atoms with Gasteiger partial charge in [-0.15, -0.1) is 0 Å². The number of para-hydroxylation sites is 1. The Morgan fingerprint density at radius 3 is 1.53 bits per heavy atom. The molecule has 0 spiro atoms. The first-order chi connectivity index (χ1) is 28.2. The predicted molar refractivity (Wildman–Crippen MR) is 235 cm³/mol. The Bertz CT molecular complexity index is 3290.